The summed E-state index contributed by atoms with van der Waals surface area (Å²) in [6.45, 7) is -0.171. The third-order valence-corrected chi connectivity index (χ3v) is 7.06. The number of Topliss-reactive ketones (excluding diaryl/α,β-unsaturated/α-hetero) is 1. The molecule has 156 valence electrons. The molecule has 1 aromatic rings. The molecule has 1 spiro atoms. The third kappa shape index (κ3) is 4.24. The Morgan fingerprint density at radius 1 is 0.897 bits per heavy atom. The molecule has 2 aliphatic carbocycles. The lowest BCUT2D eigenvalue weighted by atomic mass is 9.83. The van der Waals surface area contributed by atoms with Crippen LogP contribution in [0.5, 0.6) is 0 Å². The largest absolute Gasteiger partial charge is 0.325 e. The van der Waals surface area contributed by atoms with Crippen molar-refractivity contribution in [1.82, 2.24) is 10.2 Å². The molecule has 4 rings (SSSR count). The summed E-state index contributed by atoms with van der Waals surface area (Å²) in [4.78, 5) is 39.5. The van der Waals surface area contributed by atoms with Crippen LogP contribution in [0.15, 0.2) is 24.3 Å². The van der Waals surface area contributed by atoms with Gasteiger partial charge in [-0.3, -0.25) is 14.5 Å². The molecule has 1 saturated heterocycles. The highest BCUT2D eigenvalue weighted by Gasteiger charge is 2.50. The zero-order chi connectivity index (χ0) is 20.3. The van der Waals surface area contributed by atoms with Crippen LogP contribution in [0.1, 0.15) is 98.9 Å². The van der Waals surface area contributed by atoms with Gasteiger partial charge in [0.05, 0.1) is 6.54 Å². The monoisotopic (exact) mass is 396 g/mol. The maximum absolute atomic E-state index is 13.1. The zero-order valence-electron chi connectivity index (χ0n) is 17.3. The molecule has 5 heteroatoms. The quantitative estimate of drug-likeness (QED) is 0.578. The Morgan fingerprint density at radius 2 is 1.48 bits per heavy atom. The van der Waals surface area contributed by atoms with E-state index in [-0.39, 0.29) is 18.2 Å². The van der Waals surface area contributed by atoms with E-state index >= 15 is 0 Å². The standard InChI is InChI=1S/C24H32N2O3/c27-21(20-13-11-19(12-14-20)18-9-5-4-6-10-18)17-26-22(28)24(25-23(26)29)15-7-2-1-3-8-16-24/h11-14,18H,1-10,15-17H2,(H,25,29). The smallest absolute Gasteiger partial charge is 0.323 e. The van der Waals surface area contributed by atoms with Gasteiger partial charge >= 0.3 is 6.03 Å². The molecule has 3 fully saturated rings. The zero-order valence-corrected chi connectivity index (χ0v) is 17.3. The van der Waals surface area contributed by atoms with E-state index in [1.54, 1.807) is 0 Å². The first-order valence-corrected chi connectivity index (χ1v) is 11.4. The summed E-state index contributed by atoms with van der Waals surface area (Å²) in [5, 5.41) is 2.93. The number of rotatable bonds is 4. The molecular formula is C24H32N2O3. The number of hydrogen-bond acceptors (Lipinski definition) is 3. The molecule has 0 aromatic heterocycles. The fraction of sp³-hybridized carbons (Fsp3) is 0.625. The van der Waals surface area contributed by atoms with Crippen LogP contribution in [-0.4, -0.2) is 34.7 Å². The molecule has 0 unspecified atom stereocenters. The minimum Gasteiger partial charge on any atom is -0.323 e. The molecule has 1 N–H and O–H groups in total. The van der Waals surface area contributed by atoms with Crippen molar-refractivity contribution < 1.29 is 14.4 Å². The van der Waals surface area contributed by atoms with Crippen molar-refractivity contribution in [2.45, 2.75) is 88.5 Å². The van der Waals surface area contributed by atoms with Gasteiger partial charge in [-0.25, -0.2) is 4.79 Å². The number of benzene rings is 1. The number of ketones is 1. The van der Waals surface area contributed by atoms with Crippen LogP contribution in [0.4, 0.5) is 4.79 Å². The topological polar surface area (TPSA) is 66.5 Å². The van der Waals surface area contributed by atoms with Crippen molar-refractivity contribution in [2.24, 2.45) is 0 Å². The second-order valence-electron chi connectivity index (χ2n) is 9.05. The lowest BCUT2D eigenvalue weighted by Crippen LogP contribution is -2.47. The van der Waals surface area contributed by atoms with Crippen LogP contribution >= 0.6 is 0 Å². The minimum atomic E-state index is -0.789. The highest BCUT2D eigenvalue weighted by molar-refractivity contribution is 6.11. The Kier molecular flexibility index (Phi) is 6.02. The summed E-state index contributed by atoms with van der Waals surface area (Å²) in [6, 6.07) is 7.39. The number of hydrogen-bond donors (Lipinski definition) is 1. The second kappa shape index (κ2) is 8.68. The molecule has 3 amide bonds. The van der Waals surface area contributed by atoms with Gasteiger partial charge in [0.1, 0.15) is 5.54 Å². The van der Waals surface area contributed by atoms with Crippen LogP contribution in [0.3, 0.4) is 0 Å². The van der Waals surface area contributed by atoms with Crippen molar-refractivity contribution in [1.29, 1.82) is 0 Å². The van der Waals surface area contributed by atoms with E-state index in [1.165, 1.54) is 44.1 Å². The predicted molar refractivity (Wildman–Crippen MR) is 112 cm³/mol. The van der Waals surface area contributed by atoms with Gasteiger partial charge in [-0.05, 0) is 37.2 Å². The Morgan fingerprint density at radius 3 is 2.14 bits per heavy atom. The summed E-state index contributed by atoms with van der Waals surface area (Å²) in [7, 11) is 0. The van der Waals surface area contributed by atoms with E-state index in [0.717, 1.165) is 30.6 Å². The van der Waals surface area contributed by atoms with Gasteiger partial charge in [0.25, 0.3) is 5.91 Å². The molecular weight excluding hydrogens is 364 g/mol. The first-order valence-electron chi connectivity index (χ1n) is 11.4. The number of carbonyl (C=O) groups is 3. The average Bonchev–Trinajstić information content (AvgIpc) is 2.96. The van der Waals surface area contributed by atoms with E-state index < -0.39 is 11.6 Å². The lowest BCUT2D eigenvalue weighted by Gasteiger charge is -2.28. The van der Waals surface area contributed by atoms with E-state index in [9.17, 15) is 14.4 Å². The van der Waals surface area contributed by atoms with Gasteiger partial charge in [0, 0.05) is 5.56 Å². The van der Waals surface area contributed by atoms with Gasteiger partial charge < -0.3 is 5.32 Å². The lowest BCUT2D eigenvalue weighted by molar-refractivity contribution is -0.131. The Hall–Kier alpha value is -2.17. The van der Waals surface area contributed by atoms with Crippen LogP contribution < -0.4 is 5.32 Å². The fourth-order valence-electron chi connectivity index (χ4n) is 5.28. The Balaban J connectivity index is 1.42. The molecule has 29 heavy (non-hydrogen) atoms. The minimum absolute atomic E-state index is 0.171. The van der Waals surface area contributed by atoms with E-state index in [4.69, 9.17) is 0 Å². The van der Waals surface area contributed by atoms with E-state index in [0.29, 0.717) is 24.3 Å². The molecule has 0 bridgehead atoms. The number of nitrogens with one attached hydrogen (secondary N) is 1. The van der Waals surface area contributed by atoms with Crippen molar-refractivity contribution >= 4 is 17.7 Å². The number of urea groups is 1. The van der Waals surface area contributed by atoms with Crippen LogP contribution in [0, 0.1) is 0 Å². The summed E-state index contributed by atoms with van der Waals surface area (Å²) >= 11 is 0. The summed E-state index contributed by atoms with van der Waals surface area (Å²) in [6.07, 6.45) is 12.9. The summed E-state index contributed by atoms with van der Waals surface area (Å²) in [5.41, 5.74) is 1.08. The highest BCUT2D eigenvalue weighted by Crippen LogP contribution is 2.33. The van der Waals surface area contributed by atoms with Crippen LogP contribution in [0.2, 0.25) is 0 Å². The Bertz CT molecular complexity index is 757. The first kappa shape index (κ1) is 20.1. The van der Waals surface area contributed by atoms with E-state index in [2.05, 4.69) is 5.32 Å². The van der Waals surface area contributed by atoms with Gasteiger partial charge in [-0.1, -0.05) is 75.6 Å². The maximum atomic E-state index is 13.1. The van der Waals surface area contributed by atoms with Crippen LogP contribution in [0.25, 0.3) is 0 Å². The number of carbonyl (C=O) groups excluding carboxylic acids is 3. The molecule has 1 aliphatic heterocycles. The van der Waals surface area contributed by atoms with Crippen molar-refractivity contribution in [3.63, 3.8) is 0 Å². The third-order valence-electron chi connectivity index (χ3n) is 7.06. The number of amides is 3. The number of nitrogens with zero attached hydrogens (tertiary/aromatic N) is 1. The average molecular weight is 397 g/mol. The molecule has 3 aliphatic rings. The molecule has 1 heterocycles. The van der Waals surface area contributed by atoms with Crippen LogP contribution in [-0.2, 0) is 4.79 Å². The second-order valence-corrected chi connectivity index (χ2v) is 9.05. The van der Waals surface area contributed by atoms with Gasteiger partial charge in [-0.2, -0.15) is 0 Å². The highest BCUT2D eigenvalue weighted by atomic mass is 16.2. The van der Waals surface area contributed by atoms with Crippen molar-refractivity contribution in [2.75, 3.05) is 6.54 Å². The molecule has 5 nitrogen and oxygen atoms in total. The van der Waals surface area contributed by atoms with Gasteiger partial charge in [-0.15, -0.1) is 0 Å². The first-order chi connectivity index (χ1) is 14.1. The van der Waals surface area contributed by atoms with Crippen molar-refractivity contribution in [3.05, 3.63) is 35.4 Å². The number of imide groups is 1. The molecule has 2 saturated carbocycles. The fourth-order valence-corrected chi connectivity index (χ4v) is 5.28. The van der Waals surface area contributed by atoms with Gasteiger partial charge in [0.15, 0.2) is 5.78 Å². The van der Waals surface area contributed by atoms with E-state index in [1.807, 2.05) is 24.3 Å². The molecule has 0 atom stereocenters. The van der Waals surface area contributed by atoms with Crippen molar-refractivity contribution in [3.8, 4) is 0 Å². The maximum Gasteiger partial charge on any atom is 0.325 e. The SMILES string of the molecule is O=C(CN1C(=O)NC2(CCCCCCC2)C1=O)c1ccc(C2CCCCC2)cc1. The normalized spacial score (nSPS) is 23.0. The van der Waals surface area contributed by atoms with Gasteiger partial charge in [0.2, 0.25) is 0 Å². The summed E-state index contributed by atoms with van der Waals surface area (Å²) in [5.74, 6) is 0.209. The molecule has 0 radical (unpaired) electrons. The predicted octanol–water partition coefficient (Wildman–Crippen LogP) is 4.95. The Labute approximate surface area is 173 Å². The molecule has 1 aromatic carbocycles. The summed E-state index contributed by atoms with van der Waals surface area (Å²) < 4.78 is 0.